The highest BCUT2D eigenvalue weighted by atomic mass is 32.1. The van der Waals surface area contributed by atoms with Crippen molar-refractivity contribution in [3.8, 4) is 17.3 Å². The molecule has 3 aromatic carbocycles. The molecule has 1 amide bonds. The van der Waals surface area contributed by atoms with Gasteiger partial charge in [-0.05, 0) is 92.9 Å². The average Bonchev–Trinajstić information content (AvgIpc) is 4.01. The van der Waals surface area contributed by atoms with Gasteiger partial charge in [-0.25, -0.2) is 24.4 Å². The molecule has 0 radical (unpaired) electrons. The summed E-state index contributed by atoms with van der Waals surface area (Å²) in [4.78, 5) is 51.1. The van der Waals surface area contributed by atoms with Gasteiger partial charge in [0, 0.05) is 51.4 Å². The summed E-state index contributed by atoms with van der Waals surface area (Å²) >= 11 is 2.83. The third-order valence-electron chi connectivity index (χ3n) is 10.9. The van der Waals surface area contributed by atoms with Gasteiger partial charge in [0.1, 0.15) is 17.9 Å². The fraction of sp³-hybridized carbons (Fsp3) is 0.326. The molecule has 0 unspecified atom stereocenters. The third-order valence-corrected chi connectivity index (χ3v) is 13.0. The van der Waals surface area contributed by atoms with E-state index in [9.17, 15) is 14.7 Å². The number of aromatic nitrogens is 6. The summed E-state index contributed by atoms with van der Waals surface area (Å²) in [7, 11) is 2.17. The molecule has 3 N–H and O–H groups in total. The van der Waals surface area contributed by atoms with Gasteiger partial charge >= 0.3 is 6.16 Å². The highest BCUT2D eigenvalue weighted by molar-refractivity contribution is 7.22. The van der Waals surface area contributed by atoms with Crippen LogP contribution in [0.1, 0.15) is 39.2 Å². The maximum absolute atomic E-state index is 13.6. The van der Waals surface area contributed by atoms with E-state index in [1.165, 1.54) is 22.7 Å². The minimum atomic E-state index is -1.42. The number of aryl methyl sites for hydroxylation is 1. The van der Waals surface area contributed by atoms with E-state index in [0.29, 0.717) is 71.1 Å². The number of thiazole rings is 2. The normalized spacial score (nSPS) is 14.6. The molecule has 314 valence electrons. The van der Waals surface area contributed by atoms with Gasteiger partial charge in [-0.2, -0.15) is 10.1 Å². The quantitative estimate of drug-likeness (QED) is 0.0724. The molecule has 0 aliphatic carbocycles. The number of rotatable bonds is 15. The lowest BCUT2D eigenvalue weighted by atomic mass is 9.94. The lowest BCUT2D eigenvalue weighted by Gasteiger charge is -2.32. The Hall–Kier alpha value is -6.21. The predicted octanol–water partition coefficient (Wildman–Crippen LogP) is 6.81. The number of hydrogen-bond donors (Lipinski definition) is 3. The summed E-state index contributed by atoms with van der Waals surface area (Å²) in [6, 6.07) is 21.2. The fourth-order valence-electron chi connectivity index (χ4n) is 7.69. The number of anilines is 3. The Morgan fingerprint density at radius 3 is 2.61 bits per heavy atom. The number of likely N-dealkylation sites (N-methyl/N-ethyl adjacent to an activating group) is 1. The molecule has 7 aromatic rings. The first-order valence-electron chi connectivity index (χ1n) is 20.3. The van der Waals surface area contributed by atoms with Crippen molar-refractivity contribution in [2.24, 2.45) is 0 Å². The summed E-state index contributed by atoms with van der Waals surface area (Å²) in [5.41, 5.74) is 4.96. The molecule has 1 fully saturated rings. The number of amides is 1. The Kier molecular flexibility index (Phi) is 12.0. The lowest BCUT2D eigenvalue weighted by Crippen LogP contribution is -2.44. The zero-order valence-corrected chi connectivity index (χ0v) is 35.3. The second-order valence-electron chi connectivity index (χ2n) is 15.0. The van der Waals surface area contributed by atoms with E-state index in [-0.39, 0.29) is 11.8 Å². The average molecular weight is 860 g/mol. The number of carbonyl (C=O) groups is 2. The number of para-hydroxylation sites is 1. The van der Waals surface area contributed by atoms with Crippen LogP contribution in [0.5, 0.6) is 11.6 Å². The fourth-order valence-corrected chi connectivity index (χ4v) is 9.61. The number of nitrogens with one attached hydrogen (secondary N) is 2. The second kappa shape index (κ2) is 18.2. The van der Waals surface area contributed by atoms with Crippen molar-refractivity contribution >= 4 is 72.1 Å². The van der Waals surface area contributed by atoms with Crippen LogP contribution in [0, 0.1) is 0 Å². The smallest absolute Gasteiger partial charge is 0.494 e. The number of nitrogens with zero attached hydrogens (tertiary/aromatic N) is 9. The molecule has 0 atom stereocenters. The summed E-state index contributed by atoms with van der Waals surface area (Å²) in [6.07, 6.45) is 4.77. The van der Waals surface area contributed by atoms with Crippen LogP contribution in [-0.4, -0.2) is 116 Å². The Morgan fingerprint density at radius 2 is 1.77 bits per heavy atom. The molecule has 1 saturated heterocycles. The van der Waals surface area contributed by atoms with Gasteiger partial charge in [-0.15, -0.1) is 0 Å². The van der Waals surface area contributed by atoms with E-state index in [2.05, 4.69) is 57.4 Å². The predicted molar refractivity (Wildman–Crippen MR) is 237 cm³/mol. The van der Waals surface area contributed by atoms with Crippen LogP contribution in [0.15, 0.2) is 79.3 Å². The van der Waals surface area contributed by atoms with Crippen LogP contribution >= 0.6 is 22.7 Å². The van der Waals surface area contributed by atoms with Gasteiger partial charge < -0.3 is 34.6 Å². The Morgan fingerprint density at radius 1 is 0.918 bits per heavy atom. The highest BCUT2D eigenvalue weighted by Gasteiger charge is 2.26. The number of hydrogen-bond acceptors (Lipinski definition) is 15. The van der Waals surface area contributed by atoms with Crippen LogP contribution in [0.3, 0.4) is 0 Å². The first kappa shape index (κ1) is 40.2. The Labute approximate surface area is 359 Å². The lowest BCUT2D eigenvalue weighted by molar-refractivity contribution is 0.102. The van der Waals surface area contributed by atoms with Gasteiger partial charge in [0.25, 0.3) is 5.91 Å². The van der Waals surface area contributed by atoms with Gasteiger partial charge in [-0.3, -0.25) is 10.1 Å². The SMILES string of the molecule is CN1CCN(CCCNc2ncnc3c2cnn3-c2ccc(OCCCc3sc(N4CCc5cccc(C(=O)Nc6nc7ccccc7s6)c5C4)nc3OC(=O)O)cc2)CC1. The summed E-state index contributed by atoms with van der Waals surface area (Å²) in [6.45, 7) is 7.82. The van der Waals surface area contributed by atoms with Gasteiger partial charge in [0.2, 0.25) is 5.88 Å². The number of ether oxygens (including phenoxy) is 2. The Bertz CT molecular complexity index is 2620. The highest BCUT2D eigenvalue weighted by Crippen LogP contribution is 2.36. The number of fused-ring (bicyclic) bond motifs is 3. The molecule has 61 heavy (non-hydrogen) atoms. The molecule has 0 spiro atoms. The first-order valence-corrected chi connectivity index (χ1v) is 22.0. The molecule has 0 saturated carbocycles. The molecule has 6 heterocycles. The van der Waals surface area contributed by atoms with Crippen LogP contribution in [-0.2, 0) is 19.4 Å². The standard InChI is InChI=1S/C43H45N11O5S2/c1-51-20-22-52(23-21-51)18-6-17-44-37-32-25-47-54(38(32)46-27-45-37)29-12-14-30(15-13-29)58-24-5-11-36-40(59-43(56)57)50-42(61-36)53-19-16-28-7-4-8-31(33(28)26-53)39(55)49-41-48-34-9-2-3-10-35(34)60-41/h2-4,7-10,12-15,25,27H,5-6,11,16-24,26H2,1H3,(H,56,57)(H,44,45,46)(H,48,49,55). The molecule has 0 bridgehead atoms. The summed E-state index contributed by atoms with van der Waals surface area (Å²) in [5.74, 6) is 1.32. The van der Waals surface area contributed by atoms with Crippen LogP contribution in [0.2, 0.25) is 0 Å². The molecular weight excluding hydrogens is 815 g/mol. The molecule has 18 heteroatoms. The third kappa shape index (κ3) is 9.26. The monoisotopic (exact) mass is 859 g/mol. The van der Waals surface area contributed by atoms with Gasteiger partial charge in [-0.1, -0.05) is 46.9 Å². The van der Waals surface area contributed by atoms with Crippen molar-refractivity contribution in [2.75, 3.05) is 75.0 Å². The van der Waals surface area contributed by atoms with E-state index >= 15 is 0 Å². The van der Waals surface area contributed by atoms with Crippen molar-refractivity contribution in [3.63, 3.8) is 0 Å². The Balaban J connectivity index is 0.797. The van der Waals surface area contributed by atoms with E-state index in [1.54, 1.807) is 17.2 Å². The van der Waals surface area contributed by atoms with Crippen molar-refractivity contribution in [2.45, 2.75) is 32.2 Å². The minimum absolute atomic E-state index is 0.0729. The molecule has 2 aliphatic heterocycles. The first-order chi connectivity index (χ1) is 29.8. The second-order valence-corrected chi connectivity index (χ2v) is 17.1. The number of carbonyl (C=O) groups excluding carboxylic acids is 1. The van der Waals surface area contributed by atoms with Gasteiger partial charge in [0.15, 0.2) is 15.9 Å². The maximum Gasteiger partial charge on any atom is 0.512 e. The number of benzene rings is 3. The molecule has 2 aliphatic rings. The summed E-state index contributed by atoms with van der Waals surface area (Å²) in [5, 5.41) is 22.6. The zero-order chi connectivity index (χ0) is 41.7. The topological polar surface area (TPSA) is 176 Å². The van der Waals surface area contributed by atoms with Crippen LogP contribution < -0.4 is 25.0 Å². The van der Waals surface area contributed by atoms with Crippen LogP contribution in [0.25, 0.3) is 26.9 Å². The minimum Gasteiger partial charge on any atom is -0.494 e. The molecule has 16 nitrogen and oxygen atoms in total. The molecular formula is C43H45N11O5S2. The van der Waals surface area contributed by atoms with Crippen LogP contribution in [0.4, 0.5) is 20.9 Å². The number of piperazine rings is 1. The van der Waals surface area contributed by atoms with Crippen molar-refractivity contribution in [1.29, 1.82) is 0 Å². The zero-order valence-electron chi connectivity index (χ0n) is 33.6. The molecule has 4 aromatic heterocycles. The van der Waals surface area contributed by atoms with Crippen molar-refractivity contribution in [3.05, 3.63) is 101 Å². The van der Waals surface area contributed by atoms with E-state index < -0.39 is 6.16 Å². The van der Waals surface area contributed by atoms with Gasteiger partial charge in [0.05, 0.1) is 39.0 Å². The van der Waals surface area contributed by atoms with E-state index in [4.69, 9.17) is 9.47 Å². The number of carboxylic acid groups (broad SMARTS) is 1. The summed E-state index contributed by atoms with van der Waals surface area (Å²) < 4.78 is 14.0. The molecule has 9 rings (SSSR count). The van der Waals surface area contributed by atoms with E-state index in [0.717, 1.165) is 83.9 Å². The van der Waals surface area contributed by atoms with Crippen molar-refractivity contribution in [1.82, 2.24) is 39.5 Å². The van der Waals surface area contributed by atoms with E-state index in [1.807, 2.05) is 66.7 Å². The largest absolute Gasteiger partial charge is 0.512 e. The maximum atomic E-state index is 13.6. The van der Waals surface area contributed by atoms with Crippen molar-refractivity contribution < 1.29 is 24.2 Å².